The van der Waals surface area contributed by atoms with E-state index >= 15 is 0 Å². The highest BCUT2D eigenvalue weighted by atomic mass is 35.5. The third kappa shape index (κ3) is 5.74. The maximum absolute atomic E-state index is 13.6. The lowest BCUT2D eigenvalue weighted by molar-refractivity contribution is -0.137. The number of nitrogens with zero attached hydrogens (tertiary/aromatic N) is 1. The number of rotatable bonds is 8. The van der Waals surface area contributed by atoms with Crippen molar-refractivity contribution in [2.45, 2.75) is 31.9 Å². The number of amides is 1. The molecular formula is C27H24Cl2FNO5. The lowest BCUT2D eigenvalue weighted by Crippen LogP contribution is -2.35. The second-order valence-electron chi connectivity index (χ2n) is 9.00. The van der Waals surface area contributed by atoms with Crippen LogP contribution in [0, 0.1) is 5.82 Å². The van der Waals surface area contributed by atoms with Crippen LogP contribution in [0.5, 0.6) is 11.5 Å². The molecule has 1 heterocycles. The summed E-state index contributed by atoms with van der Waals surface area (Å²) in [6.07, 6.45) is 1.14. The highest BCUT2D eigenvalue weighted by Gasteiger charge is 2.38. The van der Waals surface area contributed by atoms with Gasteiger partial charge in [-0.05, 0) is 54.4 Å². The Balaban J connectivity index is 1.61. The summed E-state index contributed by atoms with van der Waals surface area (Å²) >= 11 is 11.9. The van der Waals surface area contributed by atoms with Gasteiger partial charge in [-0.1, -0.05) is 41.4 Å². The number of hydrogen-bond donors (Lipinski definition) is 1. The van der Waals surface area contributed by atoms with Crippen molar-refractivity contribution >= 4 is 35.1 Å². The highest BCUT2D eigenvalue weighted by Crippen LogP contribution is 2.44. The van der Waals surface area contributed by atoms with E-state index in [0.29, 0.717) is 34.9 Å². The summed E-state index contributed by atoms with van der Waals surface area (Å²) in [6.45, 7) is 1.38. The first-order valence-electron chi connectivity index (χ1n) is 11.2. The molecule has 36 heavy (non-hydrogen) atoms. The van der Waals surface area contributed by atoms with Crippen LogP contribution in [0.1, 0.15) is 34.0 Å². The van der Waals surface area contributed by atoms with Crippen LogP contribution in [0.3, 0.4) is 0 Å². The summed E-state index contributed by atoms with van der Waals surface area (Å²) in [6, 6.07) is 14.8. The van der Waals surface area contributed by atoms with E-state index in [-0.39, 0.29) is 17.1 Å². The molecule has 0 saturated carbocycles. The summed E-state index contributed by atoms with van der Waals surface area (Å²) in [4.78, 5) is 26.1. The van der Waals surface area contributed by atoms with E-state index in [1.165, 1.54) is 25.3 Å². The van der Waals surface area contributed by atoms with Gasteiger partial charge in [0.1, 0.15) is 18.0 Å². The average Bonchev–Trinajstić information content (AvgIpc) is 3.16. The van der Waals surface area contributed by atoms with Crippen molar-refractivity contribution in [1.29, 1.82) is 0 Å². The first-order chi connectivity index (χ1) is 17.1. The van der Waals surface area contributed by atoms with Crippen molar-refractivity contribution in [3.8, 4) is 11.5 Å². The standard InChI is InChI=1S/C27H24Cl2FNO5/c1-27(12-16-3-6-20(28)7-4-16)13-19-10-18(11-23(35-2)25(19)36-27)26(34)31(15-24(32)33)14-17-5-8-22(30)21(29)9-17/h3-11H,12-15H2,1-2H3,(H,32,33)/t27-/m1/s1. The molecular weight excluding hydrogens is 508 g/mol. The van der Waals surface area contributed by atoms with Gasteiger partial charge >= 0.3 is 5.97 Å². The number of carboxylic acids is 1. The number of benzene rings is 3. The van der Waals surface area contributed by atoms with Crippen LogP contribution in [0.2, 0.25) is 10.0 Å². The number of carbonyl (C=O) groups is 2. The number of carboxylic acid groups (broad SMARTS) is 1. The Morgan fingerprint density at radius 3 is 2.44 bits per heavy atom. The lowest BCUT2D eigenvalue weighted by atomic mass is 9.91. The Morgan fingerprint density at radius 2 is 1.81 bits per heavy atom. The Bertz CT molecular complexity index is 1310. The molecule has 0 bridgehead atoms. The Hall–Kier alpha value is -3.29. The predicted octanol–water partition coefficient (Wildman–Crippen LogP) is 5.80. The minimum Gasteiger partial charge on any atom is -0.493 e. The average molecular weight is 532 g/mol. The molecule has 1 amide bonds. The molecule has 4 rings (SSSR count). The second-order valence-corrected chi connectivity index (χ2v) is 9.85. The molecule has 0 radical (unpaired) electrons. The zero-order valence-electron chi connectivity index (χ0n) is 19.7. The Labute approximate surface area is 218 Å². The molecule has 0 saturated heterocycles. The van der Waals surface area contributed by atoms with Gasteiger partial charge in [0.25, 0.3) is 5.91 Å². The van der Waals surface area contributed by atoms with E-state index in [1.807, 2.05) is 31.2 Å². The van der Waals surface area contributed by atoms with Gasteiger partial charge in [0.15, 0.2) is 11.5 Å². The van der Waals surface area contributed by atoms with Gasteiger partial charge in [0.05, 0.1) is 12.1 Å². The summed E-state index contributed by atoms with van der Waals surface area (Å²) in [5.74, 6) is -1.34. The van der Waals surface area contributed by atoms with E-state index in [9.17, 15) is 19.1 Å². The number of methoxy groups -OCH3 is 1. The molecule has 0 aliphatic carbocycles. The fraction of sp³-hybridized carbons (Fsp3) is 0.259. The maximum Gasteiger partial charge on any atom is 0.323 e. The highest BCUT2D eigenvalue weighted by molar-refractivity contribution is 6.31. The molecule has 1 aliphatic rings. The first-order valence-corrected chi connectivity index (χ1v) is 11.9. The molecule has 1 atom stereocenters. The molecule has 1 N–H and O–H groups in total. The summed E-state index contributed by atoms with van der Waals surface area (Å²) < 4.78 is 25.4. The van der Waals surface area contributed by atoms with E-state index in [1.54, 1.807) is 12.1 Å². The predicted molar refractivity (Wildman–Crippen MR) is 135 cm³/mol. The maximum atomic E-state index is 13.6. The Kier molecular flexibility index (Phi) is 7.43. The minimum absolute atomic E-state index is 0.0602. The van der Waals surface area contributed by atoms with E-state index in [0.717, 1.165) is 16.0 Å². The van der Waals surface area contributed by atoms with Crippen LogP contribution >= 0.6 is 23.2 Å². The molecule has 3 aromatic carbocycles. The van der Waals surface area contributed by atoms with Crippen LogP contribution < -0.4 is 9.47 Å². The molecule has 0 spiro atoms. The van der Waals surface area contributed by atoms with Gasteiger partial charge in [-0.25, -0.2) is 4.39 Å². The number of fused-ring (bicyclic) bond motifs is 1. The summed E-state index contributed by atoms with van der Waals surface area (Å²) in [5.41, 5.74) is 2.03. The summed E-state index contributed by atoms with van der Waals surface area (Å²) in [7, 11) is 1.48. The topological polar surface area (TPSA) is 76.1 Å². The molecule has 188 valence electrons. The van der Waals surface area contributed by atoms with Crippen molar-refractivity contribution < 1.29 is 28.6 Å². The van der Waals surface area contributed by atoms with Gasteiger partial charge in [-0.3, -0.25) is 9.59 Å². The summed E-state index contributed by atoms with van der Waals surface area (Å²) in [5, 5.41) is 9.95. The van der Waals surface area contributed by atoms with Gasteiger partial charge in [-0.2, -0.15) is 0 Å². The SMILES string of the molecule is COc1cc(C(=O)N(CC(=O)O)Cc2ccc(F)c(Cl)c2)cc2c1O[C@](C)(Cc1ccc(Cl)cc1)C2. The quantitative estimate of drug-likeness (QED) is 0.397. The minimum atomic E-state index is -1.18. The Morgan fingerprint density at radius 1 is 1.11 bits per heavy atom. The van der Waals surface area contributed by atoms with Gasteiger partial charge in [-0.15, -0.1) is 0 Å². The van der Waals surface area contributed by atoms with Gasteiger partial charge in [0.2, 0.25) is 0 Å². The normalized spacial score (nSPS) is 16.2. The monoisotopic (exact) mass is 531 g/mol. The van der Waals surface area contributed by atoms with Crippen LogP contribution in [-0.2, 0) is 24.2 Å². The van der Waals surface area contributed by atoms with Crippen LogP contribution in [0.4, 0.5) is 4.39 Å². The smallest absolute Gasteiger partial charge is 0.323 e. The van der Waals surface area contributed by atoms with Gasteiger partial charge in [0, 0.05) is 35.5 Å². The molecule has 3 aromatic rings. The molecule has 6 nitrogen and oxygen atoms in total. The van der Waals surface area contributed by atoms with Crippen LogP contribution in [0.15, 0.2) is 54.6 Å². The molecule has 1 aliphatic heterocycles. The van der Waals surface area contributed by atoms with Crippen molar-refractivity contribution in [1.82, 2.24) is 4.90 Å². The first kappa shape index (κ1) is 25.8. The second kappa shape index (κ2) is 10.4. The zero-order valence-corrected chi connectivity index (χ0v) is 21.2. The molecule has 0 fully saturated rings. The zero-order chi connectivity index (χ0) is 26.0. The number of aliphatic carboxylic acids is 1. The van der Waals surface area contributed by atoms with Crippen LogP contribution in [0.25, 0.3) is 0 Å². The number of halogens is 3. The van der Waals surface area contributed by atoms with Crippen molar-refractivity contribution in [2.24, 2.45) is 0 Å². The fourth-order valence-corrected chi connectivity index (χ4v) is 4.73. The van der Waals surface area contributed by atoms with Gasteiger partial charge < -0.3 is 19.5 Å². The third-order valence-corrected chi connectivity index (χ3v) is 6.52. The van der Waals surface area contributed by atoms with Crippen molar-refractivity contribution in [3.05, 3.63) is 92.7 Å². The lowest BCUT2D eigenvalue weighted by Gasteiger charge is -2.24. The fourth-order valence-electron chi connectivity index (χ4n) is 4.40. The molecule has 9 heteroatoms. The number of hydrogen-bond acceptors (Lipinski definition) is 4. The van der Waals surface area contributed by atoms with E-state index in [4.69, 9.17) is 32.7 Å². The van der Waals surface area contributed by atoms with Crippen molar-refractivity contribution in [2.75, 3.05) is 13.7 Å². The van der Waals surface area contributed by atoms with E-state index < -0.39 is 29.8 Å². The third-order valence-electron chi connectivity index (χ3n) is 5.97. The molecule has 0 unspecified atom stereocenters. The van der Waals surface area contributed by atoms with Crippen molar-refractivity contribution in [3.63, 3.8) is 0 Å². The largest absolute Gasteiger partial charge is 0.493 e. The number of ether oxygens (including phenoxy) is 2. The molecule has 0 aromatic heterocycles. The van der Waals surface area contributed by atoms with Crippen LogP contribution in [-0.4, -0.2) is 41.1 Å². The number of carbonyl (C=O) groups excluding carboxylic acids is 1. The van der Waals surface area contributed by atoms with E-state index in [2.05, 4.69) is 0 Å².